The Hall–Kier alpha value is -1.82. The number of rotatable bonds is 3. The summed E-state index contributed by atoms with van der Waals surface area (Å²) in [6.07, 6.45) is 0. The van der Waals surface area contributed by atoms with E-state index in [4.69, 9.17) is 58.6 Å². The number of halogens is 4. The van der Waals surface area contributed by atoms with E-state index >= 15 is 0 Å². The summed E-state index contributed by atoms with van der Waals surface area (Å²) in [4.78, 5) is 16.7. The van der Waals surface area contributed by atoms with Gasteiger partial charge in [-0.3, -0.25) is 9.69 Å². The van der Waals surface area contributed by atoms with Crippen molar-refractivity contribution in [2.45, 2.75) is 6.04 Å². The van der Waals surface area contributed by atoms with E-state index in [1.165, 1.54) is 4.90 Å². The second kappa shape index (κ2) is 8.13. The van der Waals surface area contributed by atoms with Crippen LogP contribution in [-0.2, 0) is 4.79 Å². The molecule has 0 N–H and O–H groups in total. The Balaban J connectivity index is 1.86. The van der Waals surface area contributed by atoms with Crippen molar-refractivity contribution in [2.24, 2.45) is 0 Å². The monoisotopic (exact) mass is 480 g/mol. The van der Waals surface area contributed by atoms with Crippen LogP contribution in [0.1, 0.15) is 11.6 Å². The minimum absolute atomic E-state index is 0.203. The quantitative estimate of drug-likeness (QED) is 0.370. The number of thiocarbonyl (C=S) groups is 1. The smallest absolute Gasteiger partial charge is 0.261 e. The number of anilines is 2. The Morgan fingerprint density at radius 1 is 0.724 bits per heavy atom. The summed E-state index contributed by atoms with van der Waals surface area (Å²) in [7, 11) is 0. The highest BCUT2D eigenvalue weighted by atomic mass is 35.5. The molecule has 146 valence electrons. The molecule has 3 aromatic rings. The highest BCUT2D eigenvalue weighted by molar-refractivity contribution is 7.81. The molecule has 0 saturated carbocycles. The van der Waals surface area contributed by atoms with Crippen LogP contribution in [0.2, 0.25) is 20.1 Å². The van der Waals surface area contributed by atoms with Gasteiger partial charge in [0.2, 0.25) is 0 Å². The molecular formula is C21H12Cl4N2OS. The van der Waals surface area contributed by atoms with Crippen LogP contribution in [0.15, 0.2) is 66.7 Å². The van der Waals surface area contributed by atoms with Crippen molar-refractivity contribution >= 4 is 81.0 Å². The van der Waals surface area contributed by atoms with Crippen molar-refractivity contribution in [2.75, 3.05) is 9.80 Å². The number of carbonyl (C=O) groups excluding carboxylic acids is 1. The van der Waals surface area contributed by atoms with Crippen LogP contribution < -0.4 is 9.80 Å². The minimum Gasteiger partial charge on any atom is -0.301 e. The van der Waals surface area contributed by atoms with Crippen molar-refractivity contribution in [3.8, 4) is 0 Å². The molecule has 8 heteroatoms. The first-order valence-corrected chi connectivity index (χ1v) is 10.4. The molecule has 1 fully saturated rings. The first-order valence-electron chi connectivity index (χ1n) is 8.50. The summed E-state index contributed by atoms with van der Waals surface area (Å²) in [5, 5.41) is 1.84. The Labute approximate surface area is 193 Å². The SMILES string of the molecule is O=C1C(c2ccccc2)N(c2ccc(Cl)c(Cl)c2)C(=S)N1c1ccc(Cl)c(Cl)c1. The zero-order valence-corrected chi connectivity index (χ0v) is 18.5. The van der Waals surface area contributed by atoms with Crippen LogP contribution in [0, 0.1) is 0 Å². The van der Waals surface area contributed by atoms with Crippen LogP contribution in [0.5, 0.6) is 0 Å². The predicted molar refractivity (Wildman–Crippen MR) is 125 cm³/mol. The first kappa shape index (κ1) is 20.5. The van der Waals surface area contributed by atoms with Gasteiger partial charge in [0.05, 0.1) is 25.8 Å². The highest BCUT2D eigenvalue weighted by Gasteiger charge is 2.45. The fourth-order valence-corrected chi connectivity index (χ4v) is 4.22. The lowest BCUT2D eigenvalue weighted by Gasteiger charge is -2.24. The van der Waals surface area contributed by atoms with Gasteiger partial charge in [-0.15, -0.1) is 0 Å². The van der Waals surface area contributed by atoms with E-state index in [-0.39, 0.29) is 5.91 Å². The van der Waals surface area contributed by atoms with Crippen LogP contribution in [-0.4, -0.2) is 11.0 Å². The predicted octanol–water partition coefficient (Wildman–Crippen LogP) is 7.18. The summed E-state index contributed by atoms with van der Waals surface area (Å²) in [5.41, 5.74) is 2.00. The van der Waals surface area contributed by atoms with E-state index in [1.54, 1.807) is 41.3 Å². The Kier molecular flexibility index (Phi) is 5.74. The van der Waals surface area contributed by atoms with Gasteiger partial charge in [-0.1, -0.05) is 76.7 Å². The summed E-state index contributed by atoms with van der Waals surface area (Å²) in [5.74, 6) is -0.203. The largest absolute Gasteiger partial charge is 0.301 e. The molecular weight excluding hydrogens is 470 g/mol. The Bertz CT molecular complexity index is 1120. The highest BCUT2D eigenvalue weighted by Crippen LogP contribution is 2.40. The van der Waals surface area contributed by atoms with Crippen molar-refractivity contribution in [3.05, 3.63) is 92.4 Å². The Morgan fingerprint density at radius 2 is 1.28 bits per heavy atom. The molecule has 1 aliphatic heterocycles. The van der Waals surface area contributed by atoms with Gasteiger partial charge >= 0.3 is 0 Å². The second-order valence-electron chi connectivity index (χ2n) is 6.34. The fraction of sp³-hybridized carbons (Fsp3) is 0.0476. The van der Waals surface area contributed by atoms with Crippen LogP contribution >= 0.6 is 58.6 Å². The Morgan fingerprint density at radius 3 is 1.86 bits per heavy atom. The van der Waals surface area contributed by atoms with Crippen molar-refractivity contribution in [3.63, 3.8) is 0 Å². The maximum atomic E-state index is 13.5. The number of hydrogen-bond donors (Lipinski definition) is 0. The third kappa shape index (κ3) is 3.72. The average molecular weight is 482 g/mol. The number of benzene rings is 3. The summed E-state index contributed by atoms with van der Waals surface area (Å²) in [6, 6.07) is 18.9. The molecule has 1 heterocycles. The standard InChI is InChI=1S/C21H12Cl4N2OS/c22-15-8-6-13(10-17(15)24)26-19(12-4-2-1-3-5-12)20(28)27(21(26)29)14-7-9-16(23)18(25)11-14/h1-11,19H. The number of amides is 1. The van der Waals surface area contributed by atoms with Gasteiger partial charge in [0.15, 0.2) is 5.11 Å². The topological polar surface area (TPSA) is 23.6 Å². The average Bonchev–Trinajstić information content (AvgIpc) is 2.97. The number of hydrogen-bond acceptors (Lipinski definition) is 2. The van der Waals surface area contributed by atoms with Gasteiger partial charge in [0.25, 0.3) is 5.91 Å². The summed E-state index contributed by atoms with van der Waals surface area (Å²) in [6.45, 7) is 0. The molecule has 0 radical (unpaired) electrons. The lowest BCUT2D eigenvalue weighted by Crippen LogP contribution is -2.32. The normalized spacial score (nSPS) is 16.6. The van der Waals surface area contributed by atoms with Gasteiger partial charge in [0.1, 0.15) is 6.04 Å². The molecule has 1 saturated heterocycles. The third-order valence-electron chi connectivity index (χ3n) is 4.57. The van der Waals surface area contributed by atoms with Crippen LogP contribution in [0.3, 0.4) is 0 Å². The van der Waals surface area contributed by atoms with Crippen molar-refractivity contribution in [1.82, 2.24) is 0 Å². The molecule has 29 heavy (non-hydrogen) atoms. The van der Waals surface area contributed by atoms with E-state index in [2.05, 4.69) is 0 Å². The van der Waals surface area contributed by atoms with Gasteiger partial charge in [-0.05, 0) is 54.2 Å². The number of nitrogens with zero attached hydrogens (tertiary/aromatic N) is 2. The summed E-state index contributed by atoms with van der Waals surface area (Å²) < 4.78 is 0. The molecule has 4 rings (SSSR count). The molecule has 3 nitrogen and oxygen atoms in total. The van der Waals surface area contributed by atoms with Gasteiger partial charge in [-0.25, -0.2) is 0 Å². The third-order valence-corrected chi connectivity index (χ3v) is 6.43. The molecule has 1 atom stereocenters. The zero-order valence-electron chi connectivity index (χ0n) is 14.7. The van der Waals surface area contributed by atoms with Gasteiger partial charge < -0.3 is 4.90 Å². The fourth-order valence-electron chi connectivity index (χ4n) is 3.23. The molecule has 0 spiro atoms. The molecule has 0 aromatic heterocycles. The minimum atomic E-state index is -0.657. The summed E-state index contributed by atoms with van der Waals surface area (Å²) >= 11 is 30.2. The lowest BCUT2D eigenvalue weighted by molar-refractivity contribution is -0.118. The molecule has 1 unspecified atom stereocenters. The van der Waals surface area contributed by atoms with E-state index in [0.29, 0.717) is 36.6 Å². The van der Waals surface area contributed by atoms with Gasteiger partial charge in [0, 0.05) is 5.69 Å². The first-order chi connectivity index (χ1) is 13.9. The van der Waals surface area contributed by atoms with E-state index in [1.807, 2.05) is 30.3 Å². The van der Waals surface area contributed by atoms with E-state index in [9.17, 15) is 4.79 Å². The van der Waals surface area contributed by atoms with E-state index < -0.39 is 6.04 Å². The van der Waals surface area contributed by atoms with Crippen molar-refractivity contribution < 1.29 is 4.79 Å². The molecule has 1 aliphatic rings. The second-order valence-corrected chi connectivity index (χ2v) is 8.33. The molecule has 0 bridgehead atoms. The maximum Gasteiger partial charge on any atom is 0.261 e. The zero-order chi connectivity index (χ0) is 20.7. The van der Waals surface area contributed by atoms with Crippen LogP contribution in [0.25, 0.3) is 0 Å². The lowest BCUT2D eigenvalue weighted by atomic mass is 10.1. The van der Waals surface area contributed by atoms with Crippen LogP contribution in [0.4, 0.5) is 11.4 Å². The maximum absolute atomic E-state index is 13.5. The molecule has 3 aromatic carbocycles. The van der Waals surface area contributed by atoms with Crippen molar-refractivity contribution in [1.29, 1.82) is 0 Å². The molecule has 0 aliphatic carbocycles. The molecule has 1 amide bonds. The van der Waals surface area contributed by atoms with E-state index in [0.717, 1.165) is 5.56 Å². The van der Waals surface area contributed by atoms with Gasteiger partial charge in [-0.2, -0.15) is 0 Å². The number of carbonyl (C=O) groups is 1.